The molecule has 0 N–H and O–H groups in total. The van der Waals surface area contributed by atoms with E-state index in [2.05, 4.69) is 33.9 Å². The van der Waals surface area contributed by atoms with Crippen LogP contribution in [0.1, 0.15) is 37.2 Å². The molecule has 1 aliphatic heterocycles. The third-order valence-corrected chi connectivity index (χ3v) is 4.38. The van der Waals surface area contributed by atoms with Crippen LogP contribution in [-0.4, -0.2) is 30.8 Å². The minimum absolute atomic E-state index is 0.0213. The van der Waals surface area contributed by atoms with Gasteiger partial charge in [-0.3, -0.25) is 0 Å². The summed E-state index contributed by atoms with van der Waals surface area (Å²) < 4.78 is 1.05. The Morgan fingerprint density at radius 2 is 2.33 bits per heavy atom. The van der Waals surface area contributed by atoms with Crippen LogP contribution in [0.3, 0.4) is 0 Å². The Morgan fingerprint density at radius 3 is 3.00 bits per heavy atom. The van der Waals surface area contributed by atoms with Gasteiger partial charge in [0.05, 0.1) is 0 Å². The summed E-state index contributed by atoms with van der Waals surface area (Å²) in [7, 11) is 2.17. The fraction of sp³-hybridized carbons (Fsp3) is 0.533. The second-order valence-electron chi connectivity index (χ2n) is 5.16. The number of aldehydes is 1. The minimum atomic E-state index is 0.0213. The number of rotatable bonds is 4. The zero-order chi connectivity index (χ0) is 13.0. The van der Waals surface area contributed by atoms with Crippen molar-refractivity contribution < 1.29 is 4.79 Å². The van der Waals surface area contributed by atoms with E-state index in [0.29, 0.717) is 6.04 Å². The first kappa shape index (κ1) is 13.8. The van der Waals surface area contributed by atoms with E-state index in [9.17, 15) is 4.79 Å². The number of hydrogen-bond acceptors (Lipinski definition) is 2. The third kappa shape index (κ3) is 3.42. The van der Waals surface area contributed by atoms with Gasteiger partial charge < -0.3 is 9.69 Å². The molecule has 2 atom stereocenters. The van der Waals surface area contributed by atoms with Gasteiger partial charge in [0.1, 0.15) is 6.29 Å². The average Bonchev–Trinajstić information content (AvgIpc) is 2.38. The van der Waals surface area contributed by atoms with Crippen molar-refractivity contribution in [3.63, 3.8) is 0 Å². The molecular weight excluding hydrogens is 290 g/mol. The summed E-state index contributed by atoms with van der Waals surface area (Å²) >= 11 is 3.47. The Labute approximate surface area is 117 Å². The lowest BCUT2D eigenvalue weighted by Crippen LogP contribution is -2.37. The molecule has 1 aromatic rings. The molecule has 0 radical (unpaired) electrons. The van der Waals surface area contributed by atoms with Crippen LogP contribution >= 0.6 is 15.9 Å². The monoisotopic (exact) mass is 309 g/mol. The molecule has 1 saturated heterocycles. The van der Waals surface area contributed by atoms with Crippen LogP contribution < -0.4 is 0 Å². The summed E-state index contributed by atoms with van der Waals surface area (Å²) in [6.07, 6.45) is 5.84. The normalized spacial score (nSPS) is 22.7. The van der Waals surface area contributed by atoms with Gasteiger partial charge in [-0.2, -0.15) is 0 Å². The first-order valence-electron chi connectivity index (χ1n) is 6.61. The maximum absolute atomic E-state index is 11.4. The van der Waals surface area contributed by atoms with E-state index >= 15 is 0 Å². The zero-order valence-corrected chi connectivity index (χ0v) is 12.4. The number of benzene rings is 1. The Bertz CT molecular complexity index is 407. The Hall–Kier alpha value is -0.670. The van der Waals surface area contributed by atoms with Gasteiger partial charge in [0.2, 0.25) is 0 Å². The number of piperidine rings is 1. The van der Waals surface area contributed by atoms with Gasteiger partial charge in [0.15, 0.2) is 0 Å². The number of hydrogen-bond donors (Lipinski definition) is 0. The van der Waals surface area contributed by atoms with E-state index in [-0.39, 0.29) is 5.92 Å². The van der Waals surface area contributed by atoms with Crippen molar-refractivity contribution in [2.75, 3.05) is 13.6 Å². The molecule has 0 amide bonds. The molecule has 0 aromatic heterocycles. The molecule has 0 saturated carbocycles. The molecule has 0 spiro atoms. The van der Waals surface area contributed by atoms with E-state index in [1.165, 1.54) is 19.3 Å². The van der Waals surface area contributed by atoms with Crippen molar-refractivity contribution in [3.05, 3.63) is 34.3 Å². The highest BCUT2D eigenvalue weighted by molar-refractivity contribution is 9.10. The molecule has 1 heterocycles. The van der Waals surface area contributed by atoms with E-state index in [1.54, 1.807) is 0 Å². The molecule has 2 unspecified atom stereocenters. The standard InChI is InChI=1S/C15H20BrNO/c1-17-8-3-2-7-15(17)10-13(11-18)12-5-4-6-14(16)9-12/h4-6,9,11,13,15H,2-3,7-8,10H2,1H3. The lowest BCUT2D eigenvalue weighted by Gasteiger charge is -2.34. The lowest BCUT2D eigenvalue weighted by molar-refractivity contribution is -0.109. The smallest absolute Gasteiger partial charge is 0.127 e. The highest BCUT2D eigenvalue weighted by atomic mass is 79.9. The summed E-state index contributed by atoms with van der Waals surface area (Å²) in [6, 6.07) is 8.65. The third-order valence-electron chi connectivity index (χ3n) is 3.89. The Kier molecular flexibility index (Phi) is 4.95. The van der Waals surface area contributed by atoms with Gasteiger partial charge in [-0.15, -0.1) is 0 Å². The zero-order valence-electron chi connectivity index (χ0n) is 10.8. The van der Waals surface area contributed by atoms with Crippen LogP contribution in [0.5, 0.6) is 0 Å². The predicted octanol–water partition coefficient (Wildman–Crippen LogP) is 3.61. The van der Waals surface area contributed by atoms with E-state index in [0.717, 1.165) is 29.3 Å². The average molecular weight is 310 g/mol. The molecule has 2 nitrogen and oxygen atoms in total. The topological polar surface area (TPSA) is 20.3 Å². The first-order chi connectivity index (χ1) is 8.70. The van der Waals surface area contributed by atoms with E-state index in [4.69, 9.17) is 0 Å². The molecule has 2 rings (SSSR count). The molecule has 0 bridgehead atoms. The molecule has 3 heteroatoms. The minimum Gasteiger partial charge on any atom is -0.303 e. The highest BCUT2D eigenvalue weighted by Crippen LogP contribution is 2.27. The van der Waals surface area contributed by atoms with Crippen molar-refractivity contribution in [1.82, 2.24) is 4.90 Å². The van der Waals surface area contributed by atoms with Crippen LogP contribution in [-0.2, 0) is 4.79 Å². The second-order valence-corrected chi connectivity index (χ2v) is 6.08. The molecular formula is C15H20BrNO. The summed E-state index contributed by atoms with van der Waals surface area (Å²) in [4.78, 5) is 13.8. The van der Waals surface area contributed by atoms with Crippen LogP contribution in [0, 0.1) is 0 Å². The first-order valence-corrected chi connectivity index (χ1v) is 7.41. The maximum Gasteiger partial charge on any atom is 0.127 e. The molecule has 1 aliphatic rings. The van der Waals surface area contributed by atoms with Crippen molar-refractivity contribution in [2.24, 2.45) is 0 Å². The number of nitrogens with zero attached hydrogens (tertiary/aromatic N) is 1. The van der Waals surface area contributed by atoms with Crippen molar-refractivity contribution in [1.29, 1.82) is 0 Å². The molecule has 1 aromatic carbocycles. The van der Waals surface area contributed by atoms with Gasteiger partial charge in [-0.05, 0) is 50.6 Å². The number of halogens is 1. The van der Waals surface area contributed by atoms with Gasteiger partial charge in [-0.25, -0.2) is 0 Å². The Morgan fingerprint density at radius 1 is 1.50 bits per heavy atom. The lowest BCUT2D eigenvalue weighted by atomic mass is 9.89. The van der Waals surface area contributed by atoms with Crippen LogP contribution in [0.4, 0.5) is 0 Å². The van der Waals surface area contributed by atoms with Gasteiger partial charge >= 0.3 is 0 Å². The van der Waals surface area contributed by atoms with Crippen LogP contribution in [0.15, 0.2) is 28.7 Å². The van der Waals surface area contributed by atoms with E-state index in [1.807, 2.05) is 18.2 Å². The van der Waals surface area contributed by atoms with Gasteiger partial charge in [-0.1, -0.05) is 34.5 Å². The molecule has 1 fully saturated rings. The largest absolute Gasteiger partial charge is 0.303 e. The number of carbonyl (C=O) groups is 1. The predicted molar refractivity (Wildman–Crippen MR) is 77.8 cm³/mol. The second kappa shape index (κ2) is 6.48. The Balaban J connectivity index is 2.07. The van der Waals surface area contributed by atoms with Crippen molar-refractivity contribution in [3.8, 4) is 0 Å². The summed E-state index contributed by atoms with van der Waals surface area (Å²) in [6.45, 7) is 1.16. The number of carbonyl (C=O) groups excluding carboxylic acids is 1. The van der Waals surface area contributed by atoms with E-state index < -0.39 is 0 Å². The fourth-order valence-electron chi connectivity index (χ4n) is 2.74. The SMILES string of the molecule is CN1CCCCC1CC(C=O)c1cccc(Br)c1. The fourth-order valence-corrected chi connectivity index (χ4v) is 3.16. The summed E-state index contributed by atoms with van der Waals surface area (Å²) in [5.41, 5.74) is 1.12. The van der Waals surface area contributed by atoms with Gasteiger partial charge in [0.25, 0.3) is 0 Å². The van der Waals surface area contributed by atoms with Crippen molar-refractivity contribution in [2.45, 2.75) is 37.6 Å². The van der Waals surface area contributed by atoms with Gasteiger partial charge in [0, 0.05) is 16.4 Å². The molecule has 0 aliphatic carbocycles. The van der Waals surface area contributed by atoms with Crippen LogP contribution in [0.25, 0.3) is 0 Å². The maximum atomic E-state index is 11.4. The number of likely N-dealkylation sites (tertiary alicyclic amines) is 1. The summed E-state index contributed by atoms with van der Waals surface area (Å²) in [5.74, 6) is 0.0213. The van der Waals surface area contributed by atoms with Crippen LogP contribution in [0.2, 0.25) is 0 Å². The molecule has 18 heavy (non-hydrogen) atoms. The highest BCUT2D eigenvalue weighted by Gasteiger charge is 2.23. The summed E-state index contributed by atoms with van der Waals surface area (Å²) in [5, 5.41) is 0. The quantitative estimate of drug-likeness (QED) is 0.792. The molecule has 98 valence electrons. The van der Waals surface area contributed by atoms with Crippen molar-refractivity contribution >= 4 is 22.2 Å².